The van der Waals surface area contributed by atoms with E-state index in [1.54, 1.807) is 12.3 Å². The fraction of sp³-hybridized carbons (Fsp3) is 0.292. The minimum Gasteiger partial charge on any atom is -0.467 e. The molecular formula is C24H25N3O4. The largest absolute Gasteiger partial charge is 0.467 e. The SMILES string of the molecule is CC[C@@H](C(=O)OCC(=O)Nc1c(C#N)c(C)c(C)n1Cc1ccco1)c1ccccc1. The highest BCUT2D eigenvalue weighted by Gasteiger charge is 2.23. The minimum atomic E-state index is -0.508. The second kappa shape index (κ2) is 9.81. The van der Waals surface area contributed by atoms with Crippen LogP contribution in [0.4, 0.5) is 5.82 Å². The molecule has 0 aliphatic heterocycles. The number of carbonyl (C=O) groups is 2. The molecule has 0 fully saturated rings. The van der Waals surface area contributed by atoms with Gasteiger partial charge in [-0.1, -0.05) is 37.3 Å². The van der Waals surface area contributed by atoms with E-state index in [2.05, 4.69) is 11.4 Å². The van der Waals surface area contributed by atoms with Gasteiger partial charge in [-0.25, -0.2) is 0 Å². The molecule has 0 spiro atoms. The van der Waals surface area contributed by atoms with E-state index in [-0.39, 0.29) is 0 Å². The second-order valence-corrected chi connectivity index (χ2v) is 7.24. The van der Waals surface area contributed by atoms with Gasteiger partial charge in [-0.15, -0.1) is 0 Å². The maximum Gasteiger partial charge on any atom is 0.313 e. The van der Waals surface area contributed by atoms with Crippen LogP contribution in [0.1, 0.15) is 47.4 Å². The average molecular weight is 419 g/mol. The lowest BCUT2D eigenvalue weighted by Crippen LogP contribution is -2.25. The molecule has 3 rings (SSSR count). The Labute approximate surface area is 181 Å². The van der Waals surface area contributed by atoms with Gasteiger partial charge < -0.3 is 19.0 Å². The topological polar surface area (TPSA) is 97.3 Å². The van der Waals surface area contributed by atoms with Crippen molar-refractivity contribution in [2.24, 2.45) is 0 Å². The number of ether oxygens (including phenoxy) is 1. The van der Waals surface area contributed by atoms with Gasteiger partial charge in [0.25, 0.3) is 5.91 Å². The standard InChI is InChI=1S/C24H25N3O4/c1-4-20(18-9-6-5-7-10-18)24(29)31-15-22(28)26-23-21(13-25)16(2)17(3)27(23)14-19-11-8-12-30-19/h5-12,20H,4,14-15H2,1-3H3,(H,26,28)/t20-/m1/s1. The number of carbonyl (C=O) groups excluding carboxylic acids is 2. The predicted molar refractivity (Wildman–Crippen MR) is 115 cm³/mol. The molecule has 1 N–H and O–H groups in total. The van der Waals surface area contributed by atoms with Crippen LogP contribution in [0.3, 0.4) is 0 Å². The van der Waals surface area contributed by atoms with Crippen molar-refractivity contribution >= 4 is 17.7 Å². The molecule has 2 heterocycles. The second-order valence-electron chi connectivity index (χ2n) is 7.24. The zero-order valence-corrected chi connectivity index (χ0v) is 17.8. The van der Waals surface area contributed by atoms with E-state index >= 15 is 0 Å². The number of anilines is 1. The first-order valence-electron chi connectivity index (χ1n) is 10.1. The average Bonchev–Trinajstić information content (AvgIpc) is 3.36. The number of furan rings is 1. The van der Waals surface area contributed by atoms with E-state index in [1.807, 2.05) is 61.7 Å². The molecule has 3 aromatic rings. The molecule has 160 valence electrons. The van der Waals surface area contributed by atoms with Gasteiger partial charge in [-0.2, -0.15) is 5.26 Å². The smallest absolute Gasteiger partial charge is 0.313 e. The number of esters is 1. The van der Waals surface area contributed by atoms with Crippen LogP contribution in [0, 0.1) is 25.2 Å². The van der Waals surface area contributed by atoms with Gasteiger partial charge in [0.15, 0.2) is 6.61 Å². The van der Waals surface area contributed by atoms with Crippen LogP contribution in [-0.4, -0.2) is 23.1 Å². The molecule has 0 saturated heterocycles. The summed E-state index contributed by atoms with van der Waals surface area (Å²) in [5.41, 5.74) is 2.84. The van der Waals surface area contributed by atoms with Gasteiger partial charge in [-0.3, -0.25) is 9.59 Å². The Bertz CT molecular complexity index is 1090. The minimum absolute atomic E-state index is 0.364. The molecule has 1 atom stereocenters. The third-order valence-electron chi connectivity index (χ3n) is 5.33. The molecule has 7 heteroatoms. The Morgan fingerprint density at radius 1 is 1.19 bits per heavy atom. The zero-order valence-electron chi connectivity index (χ0n) is 17.8. The maximum absolute atomic E-state index is 12.6. The number of rotatable bonds is 8. The van der Waals surface area contributed by atoms with Crippen LogP contribution in [-0.2, 0) is 20.9 Å². The molecular weight excluding hydrogens is 394 g/mol. The Kier molecular flexibility index (Phi) is 6.93. The number of hydrogen-bond donors (Lipinski definition) is 1. The first-order chi connectivity index (χ1) is 15.0. The quantitative estimate of drug-likeness (QED) is 0.549. The number of aromatic nitrogens is 1. The number of nitriles is 1. The number of nitrogens with one attached hydrogen (secondary N) is 1. The van der Waals surface area contributed by atoms with Crippen LogP contribution < -0.4 is 5.32 Å². The third kappa shape index (κ3) is 4.86. The van der Waals surface area contributed by atoms with Gasteiger partial charge in [-0.05, 0) is 43.5 Å². The highest BCUT2D eigenvalue weighted by atomic mass is 16.5. The van der Waals surface area contributed by atoms with E-state index in [1.165, 1.54) is 0 Å². The molecule has 1 amide bonds. The number of nitrogens with zero attached hydrogens (tertiary/aromatic N) is 2. The Hall–Kier alpha value is -3.79. The molecule has 0 bridgehead atoms. The lowest BCUT2D eigenvalue weighted by atomic mass is 9.97. The van der Waals surface area contributed by atoms with Crippen LogP contribution in [0.5, 0.6) is 0 Å². The molecule has 0 saturated carbocycles. The van der Waals surface area contributed by atoms with Crippen molar-refractivity contribution in [3.05, 3.63) is 76.9 Å². The maximum atomic E-state index is 12.6. The Morgan fingerprint density at radius 2 is 1.94 bits per heavy atom. The summed E-state index contributed by atoms with van der Waals surface area (Å²) in [6, 6.07) is 15.1. The van der Waals surface area contributed by atoms with Crippen molar-refractivity contribution in [3.8, 4) is 6.07 Å². The van der Waals surface area contributed by atoms with Crippen molar-refractivity contribution in [2.75, 3.05) is 11.9 Å². The highest BCUT2D eigenvalue weighted by Crippen LogP contribution is 2.27. The summed E-state index contributed by atoms with van der Waals surface area (Å²) in [4.78, 5) is 25.1. The van der Waals surface area contributed by atoms with E-state index in [9.17, 15) is 14.9 Å². The van der Waals surface area contributed by atoms with Gasteiger partial charge in [0.1, 0.15) is 17.6 Å². The molecule has 0 radical (unpaired) electrons. The summed E-state index contributed by atoms with van der Waals surface area (Å²) >= 11 is 0. The summed E-state index contributed by atoms with van der Waals surface area (Å²) in [5.74, 6) is -0.340. The molecule has 0 aliphatic rings. The predicted octanol–water partition coefficient (Wildman–Crippen LogP) is 4.29. The zero-order chi connectivity index (χ0) is 22.4. The molecule has 7 nitrogen and oxygen atoms in total. The highest BCUT2D eigenvalue weighted by molar-refractivity contribution is 5.94. The normalized spacial score (nSPS) is 11.5. The summed E-state index contributed by atoms with van der Waals surface area (Å²) in [6.07, 6.45) is 2.13. The fourth-order valence-corrected chi connectivity index (χ4v) is 3.52. The number of benzene rings is 1. The number of hydrogen-bond acceptors (Lipinski definition) is 5. The van der Waals surface area contributed by atoms with Crippen molar-refractivity contribution in [1.82, 2.24) is 4.57 Å². The van der Waals surface area contributed by atoms with E-state index in [0.717, 1.165) is 16.8 Å². The van der Waals surface area contributed by atoms with E-state index in [4.69, 9.17) is 9.15 Å². The lowest BCUT2D eigenvalue weighted by molar-refractivity contribution is -0.149. The first kappa shape index (κ1) is 21.9. The van der Waals surface area contributed by atoms with Gasteiger partial charge in [0.05, 0.1) is 24.3 Å². The van der Waals surface area contributed by atoms with Gasteiger partial charge in [0, 0.05) is 5.69 Å². The van der Waals surface area contributed by atoms with Crippen LogP contribution in [0.2, 0.25) is 0 Å². The van der Waals surface area contributed by atoms with E-state index in [0.29, 0.717) is 30.1 Å². The van der Waals surface area contributed by atoms with Crippen LogP contribution >= 0.6 is 0 Å². The molecule has 1 aromatic carbocycles. The summed E-state index contributed by atoms with van der Waals surface area (Å²) < 4.78 is 12.5. The molecule has 2 aromatic heterocycles. The summed E-state index contributed by atoms with van der Waals surface area (Å²) in [5, 5.41) is 12.3. The monoisotopic (exact) mass is 419 g/mol. The molecule has 31 heavy (non-hydrogen) atoms. The van der Waals surface area contributed by atoms with Gasteiger partial charge >= 0.3 is 5.97 Å². The van der Waals surface area contributed by atoms with Crippen molar-refractivity contribution in [1.29, 1.82) is 5.26 Å². The summed E-state index contributed by atoms with van der Waals surface area (Å²) in [6.45, 7) is 5.53. The van der Waals surface area contributed by atoms with Crippen LogP contribution in [0.25, 0.3) is 0 Å². The Balaban J connectivity index is 1.72. The third-order valence-corrected chi connectivity index (χ3v) is 5.33. The lowest BCUT2D eigenvalue weighted by Gasteiger charge is -2.15. The number of amides is 1. The fourth-order valence-electron chi connectivity index (χ4n) is 3.52. The van der Waals surface area contributed by atoms with Crippen molar-refractivity contribution in [3.63, 3.8) is 0 Å². The molecule has 0 unspecified atom stereocenters. The Morgan fingerprint density at radius 3 is 2.55 bits per heavy atom. The van der Waals surface area contributed by atoms with Crippen molar-refractivity contribution in [2.45, 2.75) is 39.7 Å². The summed E-state index contributed by atoms with van der Waals surface area (Å²) in [7, 11) is 0. The van der Waals surface area contributed by atoms with Crippen molar-refractivity contribution < 1.29 is 18.7 Å². The van der Waals surface area contributed by atoms with Gasteiger partial charge in [0.2, 0.25) is 0 Å². The van der Waals surface area contributed by atoms with E-state index < -0.39 is 24.4 Å². The molecule has 0 aliphatic carbocycles. The van der Waals surface area contributed by atoms with Crippen LogP contribution in [0.15, 0.2) is 53.1 Å². The first-order valence-corrected chi connectivity index (χ1v) is 10.1.